The Morgan fingerprint density at radius 3 is 1.64 bits per heavy atom. The molecule has 0 amide bonds. The highest BCUT2D eigenvalue weighted by Crippen LogP contribution is 2.36. The summed E-state index contributed by atoms with van der Waals surface area (Å²) in [5.74, 6) is 0. The minimum absolute atomic E-state index is 1.14. The summed E-state index contributed by atoms with van der Waals surface area (Å²) < 4.78 is 0. The highest BCUT2D eigenvalue weighted by molar-refractivity contribution is 6.08. The molecular formula is C31H24N2. The molecule has 2 heteroatoms. The first kappa shape index (κ1) is 19.4. The molecular weight excluding hydrogens is 400 g/mol. The zero-order valence-electron chi connectivity index (χ0n) is 18.5. The third kappa shape index (κ3) is 3.56. The molecule has 6 rings (SSSR count). The minimum Gasteiger partial charge on any atom is -0.355 e. The molecule has 0 aliphatic heterocycles. The van der Waals surface area contributed by atoms with Gasteiger partial charge in [-0.25, -0.2) is 0 Å². The quantitative estimate of drug-likeness (QED) is 0.300. The summed E-state index contributed by atoms with van der Waals surface area (Å²) in [4.78, 5) is 5.82. The van der Waals surface area contributed by atoms with Crippen molar-refractivity contribution in [2.75, 3.05) is 4.90 Å². The summed E-state index contributed by atoms with van der Waals surface area (Å²) in [5.41, 5.74) is 9.50. The Kier molecular flexibility index (Phi) is 4.70. The summed E-state index contributed by atoms with van der Waals surface area (Å²) in [6, 6.07) is 43.1. The molecule has 5 aromatic carbocycles. The van der Waals surface area contributed by atoms with Crippen molar-refractivity contribution in [3.8, 4) is 11.1 Å². The number of para-hydroxylation sites is 2. The van der Waals surface area contributed by atoms with Crippen molar-refractivity contribution in [3.63, 3.8) is 0 Å². The molecule has 0 radical (unpaired) electrons. The lowest BCUT2D eigenvalue weighted by atomic mass is 10.0. The fourth-order valence-electron chi connectivity index (χ4n) is 4.59. The molecule has 1 N–H and O–H groups in total. The highest BCUT2D eigenvalue weighted by Gasteiger charge is 2.12. The monoisotopic (exact) mass is 424 g/mol. The van der Waals surface area contributed by atoms with Gasteiger partial charge >= 0.3 is 0 Å². The summed E-state index contributed by atoms with van der Waals surface area (Å²) in [7, 11) is 0. The van der Waals surface area contributed by atoms with Crippen molar-refractivity contribution in [2.24, 2.45) is 0 Å². The predicted molar refractivity (Wildman–Crippen MR) is 141 cm³/mol. The molecule has 2 nitrogen and oxygen atoms in total. The van der Waals surface area contributed by atoms with Gasteiger partial charge in [0.25, 0.3) is 0 Å². The number of hydrogen-bond donors (Lipinski definition) is 1. The van der Waals surface area contributed by atoms with Gasteiger partial charge in [-0.1, -0.05) is 66.2 Å². The van der Waals surface area contributed by atoms with Gasteiger partial charge in [0.15, 0.2) is 0 Å². The first-order chi connectivity index (χ1) is 16.3. The molecule has 0 unspecified atom stereocenters. The van der Waals surface area contributed by atoms with E-state index in [1.165, 1.54) is 38.5 Å². The van der Waals surface area contributed by atoms with E-state index in [0.717, 1.165) is 17.1 Å². The average molecular weight is 425 g/mol. The molecule has 1 aromatic heterocycles. The number of aromatic nitrogens is 1. The van der Waals surface area contributed by atoms with E-state index in [0.29, 0.717) is 0 Å². The van der Waals surface area contributed by atoms with E-state index < -0.39 is 0 Å². The van der Waals surface area contributed by atoms with Gasteiger partial charge in [-0.15, -0.1) is 0 Å². The zero-order chi connectivity index (χ0) is 22.2. The van der Waals surface area contributed by atoms with Gasteiger partial charge in [0.05, 0.1) is 0 Å². The Morgan fingerprint density at radius 2 is 1.00 bits per heavy atom. The maximum absolute atomic E-state index is 3.54. The number of anilines is 3. The van der Waals surface area contributed by atoms with Crippen LogP contribution in [0.2, 0.25) is 0 Å². The van der Waals surface area contributed by atoms with Crippen LogP contribution < -0.4 is 4.90 Å². The molecule has 0 fully saturated rings. The molecule has 0 saturated carbocycles. The Morgan fingerprint density at radius 1 is 0.485 bits per heavy atom. The van der Waals surface area contributed by atoms with Crippen molar-refractivity contribution in [3.05, 3.63) is 127 Å². The van der Waals surface area contributed by atoms with Crippen molar-refractivity contribution < 1.29 is 0 Å². The van der Waals surface area contributed by atoms with Crippen LogP contribution in [-0.4, -0.2) is 4.98 Å². The van der Waals surface area contributed by atoms with Crippen LogP contribution in [-0.2, 0) is 0 Å². The Labute approximate surface area is 193 Å². The summed E-state index contributed by atoms with van der Waals surface area (Å²) in [5, 5.41) is 2.55. The van der Waals surface area contributed by atoms with Crippen molar-refractivity contribution in [1.82, 2.24) is 4.98 Å². The summed E-state index contributed by atoms with van der Waals surface area (Å²) in [6.45, 7) is 2.14. The van der Waals surface area contributed by atoms with Crippen LogP contribution in [0.5, 0.6) is 0 Å². The predicted octanol–water partition coefficient (Wildman–Crippen LogP) is 8.77. The topological polar surface area (TPSA) is 19.0 Å². The summed E-state index contributed by atoms with van der Waals surface area (Å²) >= 11 is 0. The lowest BCUT2D eigenvalue weighted by molar-refractivity contribution is 1.28. The molecule has 0 bridgehead atoms. The standard InChI is InChI=1S/C31H24N2/c1-22-12-18-30-28(20-22)29-21-24(15-19-31(29)32-30)23-13-16-27(17-14-23)33(25-8-4-2-5-9-25)26-10-6-3-7-11-26/h2-21,32H,1H3. The molecule has 0 aliphatic rings. The molecule has 1 heterocycles. The lowest BCUT2D eigenvalue weighted by Crippen LogP contribution is -2.09. The second kappa shape index (κ2) is 7.99. The van der Waals surface area contributed by atoms with E-state index in [1.54, 1.807) is 0 Å². The highest BCUT2D eigenvalue weighted by atomic mass is 15.1. The lowest BCUT2D eigenvalue weighted by Gasteiger charge is -2.25. The fourth-order valence-corrected chi connectivity index (χ4v) is 4.59. The van der Waals surface area contributed by atoms with Crippen molar-refractivity contribution in [1.29, 1.82) is 0 Å². The van der Waals surface area contributed by atoms with E-state index in [4.69, 9.17) is 0 Å². The molecule has 0 spiro atoms. The van der Waals surface area contributed by atoms with Crippen molar-refractivity contribution in [2.45, 2.75) is 6.92 Å². The van der Waals surface area contributed by atoms with E-state index in [-0.39, 0.29) is 0 Å². The minimum atomic E-state index is 1.14. The van der Waals surface area contributed by atoms with E-state index >= 15 is 0 Å². The van der Waals surface area contributed by atoms with Crippen LogP contribution >= 0.6 is 0 Å². The number of nitrogens with one attached hydrogen (secondary N) is 1. The molecule has 0 aliphatic carbocycles. The Balaban J connectivity index is 1.41. The maximum atomic E-state index is 3.54. The molecule has 158 valence electrons. The second-order valence-electron chi connectivity index (χ2n) is 8.49. The molecule has 33 heavy (non-hydrogen) atoms. The Bertz CT molecular complexity index is 1510. The van der Waals surface area contributed by atoms with Gasteiger partial charge in [-0.2, -0.15) is 0 Å². The smallest absolute Gasteiger partial charge is 0.0465 e. The van der Waals surface area contributed by atoms with Gasteiger partial charge in [-0.05, 0) is 78.7 Å². The van der Waals surface area contributed by atoms with E-state index in [1.807, 2.05) is 0 Å². The first-order valence-electron chi connectivity index (χ1n) is 11.3. The third-order valence-corrected chi connectivity index (χ3v) is 6.24. The number of aryl methyl sites for hydroxylation is 1. The number of aromatic amines is 1. The van der Waals surface area contributed by atoms with E-state index in [9.17, 15) is 0 Å². The van der Waals surface area contributed by atoms with Crippen LogP contribution in [0.4, 0.5) is 17.1 Å². The molecule has 0 atom stereocenters. The van der Waals surface area contributed by atoms with Crippen LogP contribution in [0.25, 0.3) is 32.9 Å². The van der Waals surface area contributed by atoms with Gasteiger partial charge in [0, 0.05) is 38.9 Å². The fraction of sp³-hybridized carbons (Fsp3) is 0.0323. The SMILES string of the molecule is Cc1ccc2[nH]c3ccc(-c4ccc(N(c5ccccc5)c5ccccc5)cc4)cc3c2c1. The number of nitrogens with zero attached hydrogens (tertiary/aromatic N) is 1. The third-order valence-electron chi connectivity index (χ3n) is 6.24. The number of benzene rings is 5. The van der Waals surface area contributed by atoms with Crippen LogP contribution in [0.15, 0.2) is 121 Å². The largest absolute Gasteiger partial charge is 0.355 e. The number of rotatable bonds is 4. The summed E-state index contributed by atoms with van der Waals surface area (Å²) in [6.07, 6.45) is 0. The van der Waals surface area contributed by atoms with Gasteiger partial charge in [0.1, 0.15) is 0 Å². The first-order valence-corrected chi connectivity index (χ1v) is 11.3. The number of hydrogen-bond acceptors (Lipinski definition) is 1. The Hall–Kier alpha value is -4.30. The van der Waals surface area contributed by atoms with Crippen LogP contribution in [0, 0.1) is 6.92 Å². The molecule has 6 aromatic rings. The van der Waals surface area contributed by atoms with Crippen LogP contribution in [0.3, 0.4) is 0 Å². The average Bonchev–Trinajstić information content (AvgIpc) is 3.23. The van der Waals surface area contributed by atoms with Gasteiger partial charge < -0.3 is 9.88 Å². The van der Waals surface area contributed by atoms with Gasteiger partial charge in [-0.3, -0.25) is 0 Å². The number of fused-ring (bicyclic) bond motifs is 3. The zero-order valence-corrected chi connectivity index (χ0v) is 18.5. The van der Waals surface area contributed by atoms with Crippen LogP contribution in [0.1, 0.15) is 5.56 Å². The maximum Gasteiger partial charge on any atom is 0.0465 e. The second-order valence-corrected chi connectivity index (χ2v) is 8.49. The van der Waals surface area contributed by atoms with Crippen molar-refractivity contribution >= 4 is 38.9 Å². The normalized spacial score (nSPS) is 11.2. The van der Waals surface area contributed by atoms with E-state index in [2.05, 4.69) is 138 Å². The number of H-pyrrole nitrogens is 1. The van der Waals surface area contributed by atoms with Gasteiger partial charge in [0.2, 0.25) is 0 Å². The molecule has 0 saturated heterocycles.